The molecule has 4 aromatic heterocycles. The van der Waals surface area contributed by atoms with Crippen LogP contribution in [0.1, 0.15) is 167 Å². The van der Waals surface area contributed by atoms with Crippen molar-refractivity contribution in [3.8, 4) is 22.7 Å². The summed E-state index contributed by atoms with van der Waals surface area (Å²) in [6, 6.07) is 25.8. The number of aliphatic hydroxyl groups is 2. The minimum absolute atomic E-state index is 0.0284. The second-order valence-corrected chi connectivity index (χ2v) is 33.6. The number of aliphatic hydroxyl groups excluding tert-OH is 2. The second-order valence-electron chi connectivity index (χ2n) is 30.4. The van der Waals surface area contributed by atoms with E-state index >= 15 is 0 Å². The summed E-state index contributed by atoms with van der Waals surface area (Å²) < 4.78 is 11.9. The first-order valence-electron chi connectivity index (χ1n) is 38.9. The van der Waals surface area contributed by atoms with Gasteiger partial charge in [0.15, 0.2) is 0 Å². The van der Waals surface area contributed by atoms with E-state index < -0.39 is 0 Å². The Balaban J connectivity index is 0.000000158. The highest BCUT2D eigenvalue weighted by Gasteiger charge is 2.48. The molecule has 8 aromatic rings. The Morgan fingerprint density at radius 3 is 1.14 bits per heavy atom. The molecular weight excluding hydrogens is 1570 g/mol. The molecule has 28 heteroatoms. The average Bonchev–Trinajstić information content (AvgIpc) is 1.74. The Hall–Kier alpha value is -6.24. The van der Waals surface area contributed by atoms with Crippen molar-refractivity contribution in [2.24, 2.45) is 28.4 Å². The average molecular weight is 1680 g/mol. The van der Waals surface area contributed by atoms with Crippen LogP contribution in [0, 0.1) is 50.4 Å². The fraction of sp³-hybridized carbons (Fsp3) is 0.518. The number of halogens is 8. The van der Waals surface area contributed by atoms with Gasteiger partial charge in [0.05, 0.1) is 93.4 Å². The van der Waals surface area contributed by atoms with Crippen molar-refractivity contribution in [2.75, 3.05) is 78.6 Å². The molecule has 0 saturated carbocycles. The summed E-state index contributed by atoms with van der Waals surface area (Å²) in [5.74, 6) is 6.56. The molecule has 1 spiro atoms. The van der Waals surface area contributed by atoms with Crippen molar-refractivity contribution < 1.29 is 14.9 Å². The van der Waals surface area contributed by atoms with E-state index in [1.807, 2.05) is 41.5 Å². The first-order chi connectivity index (χ1) is 52.9. The lowest BCUT2D eigenvalue weighted by Gasteiger charge is -2.42. The van der Waals surface area contributed by atoms with Crippen molar-refractivity contribution in [1.29, 1.82) is 0 Å². The third-order valence-corrected chi connectivity index (χ3v) is 26.5. The van der Waals surface area contributed by atoms with Crippen molar-refractivity contribution in [1.82, 2.24) is 38.2 Å². The highest BCUT2D eigenvalue weighted by molar-refractivity contribution is 6.44. The van der Waals surface area contributed by atoms with E-state index in [4.69, 9.17) is 108 Å². The third kappa shape index (κ3) is 20.5. The number of nitrogens with zero attached hydrogens (tertiary/aromatic N) is 12. The lowest BCUT2D eigenvalue weighted by atomic mass is 9.73. The van der Waals surface area contributed by atoms with Crippen LogP contribution in [0.25, 0.3) is 22.7 Å². The summed E-state index contributed by atoms with van der Waals surface area (Å²) >= 11 is 49.7. The van der Waals surface area contributed by atoms with Crippen LogP contribution in [0.4, 0.5) is 23.3 Å². The Labute approximate surface area is 691 Å². The first-order valence-corrected chi connectivity index (χ1v) is 41.9. The van der Waals surface area contributed by atoms with Crippen molar-refractivity contribution in [2.45, 2.75) is 196 Å². The summed E-state index contributed by atoms with van der Waals surface area (Å²) in [5, 5.41) is 22.6. The van der Waals surface area contributed by atoms with E-state index in [0.29, 0.717) is 134 Å². The van der Waals surface area contributed by atoms with Gasteiger partial charge >= 0.3 is 0 Å². The largest absolute Gasteiger partial charge is 0.393 e. The molecule has 0 radical (unpaired) electrons. The molecule has 20 nitrogen and oxygen atoms in total. The molecule has 5 aliphatic rings. The smallest absolute Gasteiger partial charge is 0.263 e. The van der Waals surface area contributed by atoms with Crippen LogP contribution >= 0.6 is 92.8 Å². The van der Waals surface area contributed by atoms with Gasteiger partial charge in [-0.15, -0.1) is 0 Å². The van der Waals surface area contributed by atoms with Crippen LogP contribution in [-0.4, -0.2) is 132 Å². The number of ether oxygens (including phenoxy) is 1. The van der Waals surface area contributed by atoms with Gasteiger partial charge in [0.25, 0.3) is 22.2 Å². The number of piperidine rings is 4. The van der Waals surface area contributed by atoms with Gasteiger partial charge in [-0.25, -0.2) is 19.9 Å². The summed E-state index contributed by atoms with van der Waals surface area (Å²) in [4.78, 5) is 79.4. The highest BCUT2D eigenvalue weighted by Crippen LogP contribution is 2.43. The Morgan fingerprint density at radius 2 is 0.820 bits per heavy atom. The van der Waals surface area contributed by atoms with Gasteiger partial charge in [0.1, 0.15) is 46.6 Å². The van der Waals surface area contributed by atoms with Crippen LogP contribution in [0.5, 0.6) is 0 Å². The SMILES string of the molecule is CCC1(C)CCN(c2cc(=O)n(-c3cccc(Cl)c3Cl)c(C)n2)CC1.CC[C@@H](O)CCC1CCN(c2cc(=O)n(-c3cccc(Cl)c3Cl)c(C)n2)CC1.CC[C@H](O)CCC1CCN(c2cc(=O)n(-c3cccc(Cl)c3Cl)c(C)n2)CC1.CCc1c(N2CCC3(CC2)CO[C@H](C)[C@@H]3N)nc(C)n(-c2cccc(Cl)c2Cl)c1=O. The topological polar surface area (TPSA) is 228 Å². The highest BCUT2D eigenvalue weighted by atomic mass is 35.5. The maximum atomic E-state index is 13.4. The predicted octanol–water partition coefficient (Wildman–Crippen LogP) is 17.8. The lowest BCUT2D eigenvalue weighted by Crippen LogP contribution is -2.51. The molecule has 9 heterocycles. The fourth-order valence-corrected chi connectivity index (χ4v) is 17.2. The van der Waals surface area contributed by atoms with Gasteiger partial charge in [-0.05, 0) is 197 Å². The molecule has 0 bridgehead atoms. The molecule has 111 heavy (non-hydrogen) atoms. The normalized spacial score (nSPS) is 18.4. The Morgan fingerprint density at radius 1 is 0.486 bits per heavy atom. The summed E-state index contributed by atoms with van der Waals surface area (Å²) in [6.45, 7) is 27.6. The zero-order valence-corrected chi connectivity index (χ0v) is 71.3. The standard InChI is InChI=1S/C22H28Cl2N4O2.2C21H27Cl2N3O2.C19H23Cl2N3O/c1-4-15-20(27-10-8-22(9-11-27)12-30-13(2)19(22)25)26-14(3)28(21(15)29)17-7-5-6-16(23)18(17)24;2*1-3-16(27)8-7-15-9-11-25(12-10-15)19-13-20(28)26(14(2)24-19)18-6-4-5-17(22)21(18)23;1-4-19(3)8-10-23(11-9-19)16-12-17(25)24(13(2)22-16)15-7-5-6-14(20)18(15)21/h5-7,13,19H,4,8-12,25H2,1-3H3;2*4-6,13,15-16,27H,3,7-12H2,1-2H3;5-7,12H,4,8-11H2,1-3H3/t13-,19+;2*16-;/m110./s1. The number of rotatable bonds is 18. The monoisotopic (exact) mass is 1680 g/mol. The summed E-state index contributed by atoms with van der Waals surface area (Å²) in [6.07, 6.45) is 15.3. The van der Waals surface area contributed by atoms with Crippen LogP contribution < -0.4 is 47.6 Å². The van der Waals surface area contributed by atoms with Gasteiger partial charge < -0.3 is 40.3 Å². The molecule has 0 aliphatic carbocycles. The van der Waals surface area contributed by atoms with Gasteiger partial charge in [0.2, 0.25) is 0 Å². The van der Waals surface area contributed by atoms with Crippen LogP contribution in [0.2, 0.25) is 40.2 Å². The number of benzene rings is 4. The molecule has 5 aliphatic heterocycles. The molecule has 0 amide bonds. The first kappa shape index (κ1) is 87.2. The van der Waals surface area contributed by atoms with E-state index in [2.05, 4.69) is 48.4 Å². The van der Waals surface area contributed by atoms with Crippen molar-refractivity contribution in [3.63, 3.8) is 0 Å². The quantitative estimate of drug-likeness (QED) is 0.0725. The van der Waals surface area contributed by atoms with Gasteiger partial charge in [-0.3, -0.25) is 37.4 Å². The van der Waals surface area contributed by atoms with Crippen LogP contribution in [0.3, 0.4) is 0 Å². The maximum Gasteiger partial charge on any atom is 0.263 e. The van der Waals surface area contributed by atoms with E-state index in [1.165, 1.54) is 20.1 Å². The molecule has 0 unspecified atom stereocenters. The zero-order valence-electron chi connectivity index (χ0n) is 65.2. The third-order valence-electron chi connectivity index (χ3n) is 23.3. The van der Waals surface area contributed by atoms with Crippen molar-refractivity contribution >= 4 is 116 Å². The number of hydrogen-bond donors (Lipinski definition) is 3. The summed E-state index contributed by atoms with van der Waals surface area (Å²) in [7, 11) is 0. The molecular formula is C83H105Cl8N13O7. The van der Waals surface area contributed by atoms with E-state index in [0.717, 1.165) is 154 Å². The molecule has 5 saturated heterocycles. The van der Waals surface area contributed by atoms with E-state index in [-0.39, 0.29) is 52.0 Å². The number of hydrogen-bond acceptors (Lipinski definition) is 16. The molecule has 4 atom stereocenters. The van der Waals surface area contributed by atoms with E-state index in [9.17, 15) is 29.4 Å². The molecule has 13 rings (SSSR count). The molecule has 5 fully saturated rings. The van der Waals surface area contributed by atoms with E-state index in [1.54, 1.807) is 109 Å². The van der Waals surface area contributed by atoms with Gasteiger partial charge in [-0.1, -0.05) is 158 Å². The fourth-order valence-electron chi connectivity index (χ4n) is 15.7. The summed E-state index contributed by atoms with van der Waals surface area (Å²) in [5.41, 5.74) is 9.20. The minimum Gasteiger partial charge on any atom is -0.393 e. The van der Waals surface area contributed by atoms with Gasteiger partial charge in [0, 0.05) is 82.0 Å². The van der Waals surface area contributed by atoms with Crippen LogP contribution in [-0.2, 0) is 11.2 Å². The zero-order chi connectivity index (χ0) is 80.3. The second kappa shape index (κ2) is 38.9. The number of nitrogens with two attached hydrogens (primary N) is 1. The number of anilines is 4. The molecule has 600 valence electrons. The predicted molar refractivity (Wildman–Crippen MR) is 456 cm³/mol. The van der Waals surface area contributed by atoms with Gasteiger partial charge in [-0.2, -0.15) is 0 Å². The number of aromatic nitrogens is 8. The molecule has 4 aromatic carbocycles. The Kier molecular flexibility index (Phi) is 30.6. The number of aryl methyl sites for hydroxylation is 4. The molecule has 4 N–H and O–H groups in total. The Bertz CT molecular complexity index is 4650. The van der Waals surface area contributed by atoms with Crippen LogP contribution in [0.15, 0.2) is 110 Å². The minimum atomic E-state index is -0.187. The van der Waals surface area contributed by atoms with Crippen molar-refractivity contribution in [3.05, 3.63) is 201 Å². The lowest BCUT2D eigenvalue weighted by molar-refractivity contribution is 0.0974. The maximum absolute atomic E-state index is 13.4.